The lowest BCUT2D eigenvalue weighted by Gasteiger charge is -2.12. The maximum absolute atomic E-state index is 14.2. The summed E-state index contributed by atoms with van der Waals surface area (Å²) in [6, 6.07) is 3.13. The highest BCUT2D eigenvalue weighted by atomic mass is 79.9. The SMILES string of the molecule is CC(C)=NOCCCCCCOc1c(C)cc(OCC=C(Br)Br)cc1F. The standard InChI is InChI=1S/C19H26Br2FNO3/c1-14(2)23-26-10-7-5-4-6-9-25-19-15(3)12-16(13-17(19)22)24-11-8-18(20)21/h8,12-13H,4-7,9-11H2,1-3H3. The van der Waals surface area contributed by atoms with Crippen molar-refractivity contribution in [1.82, 2.24) is 0 Å². The number of aryl methyl sites for hydroxylation is 1. The van der Waals surface area contributed by atoms with Crippen molar-refractivity contribution in [3.05, 3.63) is 33.0 Å². The van der Waals surface area contributed by atoms with E-state index in [0.29, 0.717) is 31.3 Å². The molecule has 4 nitrogen and oxygen atoms in total. The molecule has 0 fully saturated rings. The number of rotatable bonds is 12. The number of nitrogens with zero attached hydrogens (tertiary/aromatic N) is 1. The van der Waals surface area contributed by atoms with Gasteiger partial charge in [-0.15, -0.1) is 0 Å². The monoisotopic (exact) mass is 493 g/mol. The predicted octanol–water partition coefficient (Wildman–Crippen LogP) is 6.50. The first-order chi connectivity index (χ1) is 12.4. The molecule has 146 valence electrons. The molecule has 0 heterocycles. The van der Waals surface area contributed by atoms with Crippen LogP contribution in [0.25, 0.3) is 0 Å². The Labute approximate surface area is 172 Å². The molecule has 26 heavy (non-hydrogen) atoms. The molecule has 0 radical (unpaired) electrons. The van der Waals surface area contributed by atoms with Crippen molar-refractivity contribution in [2.24, 2.45) is 5.16 Å². The zero-order valence-corrected chi connectivity index (χ0v) is 18.7. The molecule has 0 saturated carbocycles. The highest BCUT2D eigenvalue weighted by Gasteiger charge is 2.10. The number of oxime groups is 1. The molecule has 0 aliphatic heterocycles. The van der Waals surface area contributed by atoms with Crippen LogP contribution in [0.5, 0.6) is 11.5 Å². The molecule has 1 rings (SSSR count). The molecule has 0 aromatic heterocycles. The van der Waals surface area contributed by atoms with E-state index in [0.717, 1.165) is 40.4 Å². The summed E-state index contributed by atoms with van der Waals surface area (Å²) >= 11 is 6.49. The van der Waals surface area contributed by atoms with Gasteiger partial charge >= 0.3 is 0 Å². The lowest BCUT2D eigenvalue weighted by atomic mass is 10.2. The first kappa shape index (κ1) is 23.0. The van der Waals surface area contributed by atoms with Crippen LogP contribution in [0.2, 0.25) is 0 Å². The first-order valence-corrected chi connectivity index (χ1v) is 10.2. The second-order valence-electron chi connectivity index (χ2n) is 5.99. The molecular weight excluding hydrogens is 469 g/mol. The van der Waals surface area contributed by atoms with Gasteiger partial charge < -0.3 is 14.3 Å². The summed E-state index contributed by atoms with van der Waals surface area (Å²) < 4.78 is 26.1. The van der Waals surface area contributed by atoms with Crippen LogP contribution in [-0.2, 0) is 4.84 Å². The maximum atomic E-state index is 14.2. The third kappa shape index (κ3) is 10.2. The highest BCUT2D eigenvalue weighted by molar-refractivity contribution is 9.28. The zero-order valence-electron chi connectivity index (χ0n) is 15.5. The average molecular weight is 495 g/mol. The minimum absolute atomic E-state index is 0.297. The largest absolute Gasteiger partial charge is 0.490 e. The smallest absolute Gasteiger partial charge is 0.169 e. The van der Waals surface area contributed by atoms with E-state index in [9.17, 15) is 4.39 Å². The van der Waals surface area contributed by atoms with Crippen LogP contribution in [0.15, 0.2) is 26.8 Å². The Balaban J connectivity index is 2.30. The molecular formula is C19H26Br2FNO3. The lowest BCUT2D eigenvalue weighted by molar-refractivity contribution is 0.139. The molecule has 0 spiro atoms. The van der Waals surface area contributed by atoms with Gasteiger partial charge in [-0.05, 0) is 96.0 Å². The molecule has 0 amide bonds. The molecule has 0 atom stereocenters. The van der Waals surface area contributed by atoms with Crippen molar-refractivity contribution < 1.29 is 18.7 Å². The number of ether oxygens (including phenoxy) is 2. The summed E-state index contributed by atoms with van der Waals surface area (Å²) in [6.07, 6.45) is 5.66. The third-order valence-electron chi connectivity index (χ3n) is 3.31. The number of hydrogen-bond acceptors (Lipinski definition) is 4. The van der Waals surface area contributed by atoms with E-state index in [-0.39, 0.29) is 0 Å². The van der Waals surface area contributed by atoms with Gasteiger partial charge in [0, 0.05) is 6.07 Å². The topological polar surface area (TPSA) is 40.0 Å². The summed E-state index contributed by atoms with van der Waals surface area (Å²) in [4.78, 5) is 5.14. The third-order valence-corrected chi connectivity index (χ3v) is 3.96. The maximum Gasteiger partial charge on any atom is 0.169 e. The number of halogens is 3. The van der Waals surface area contributed by atoms with E-state index < -0.39 is 5.82 Å². The van der Waals surface area contributed by atoms with E-state index in [1.54, 1.807) is 12.1 Å². The molecule has 0 bridgehead atoms. The molecule has 1 aromatic carbocycles. The molecule has 1 aromatic rings. The quantitative estimate of drug-likeness (QED) is 0.189. The Morgan fingerprint density at radius 3 is 2.38 bits per heavy atom. The van der Waals surface area contributed by atoms with Crippen LogP contribution in [0.4, 0.5) is 4.39 Å². The molecule has 7 heteroatoms. The number of hydrogen-bond donors (Lipinski definition) is 0. The molecule has 0 saturated heterocycles. The van der Waals surface area contributed by atoms with E-state index in [1.165, 1.54) is 6.07 Å². The average Bonchev–Trinajstić information content (AvgIpc) is 2.54. The van der Waals surface area contributed by atoms with Gasteiger partial charge in [0.2, 0.25) is 0 Å². The molecule has 0 N–H and O–H groups in total. The highest BCUT2D eigenvalue weighted by Crippen LogP contribution is 2.28. The lowest BCUT2D eigenvalue weighted by Crippen LogP contribution is -2.03. The Morgan fingerprint density at radius 2 is 1.77 bits per heavy atom. The Bertz CT molecular complexity index is 590. The molecule has 0 aliphatic carbocycles. The van der Waals surface area contributed by atoms with Gasteiger partial charge in [-0.1, -0.05) is 5.16 Å². The summed E-state index contributed by atoms with van der Waals surface area (Å²) in [5, 5.41) is 3.88. The summed E-state index contributed by atoms with van der Waals surface area (Å²) in [5.41, 5.74) is 1.64. The van der Waals surface area contributed by atoms with Gasteiger partial charge in [-0.25, -0.2) is 4.39 Å². The van der Waals surface area contributed by atoms with Crippen LogP contribution < -0.4 is 9.47 Å². The van der Waals surface area contributed by atoms with Gasteiger partial charge in [0.25, 0.3) is 0 Å². The van der Waals surface area contributed by atoms with Crippen LogP contribution >= 0.6 is 31.9 Å². The van der Waals surface area contributed by atoms with E-state index in [1.807, 2.05) is 20.8 Å². The normalized spacial score (nSPS) is 10.2. The fourth-order valence-electron chi connectivity index (χ4n) is 2.14. The Morgan fingerprint density at radius 1 is 1.08 bits per heavy atom. The van der Waals surface area contributed by atoms with Crippen molar-refractivity contribution in [1.29, 1.82) is 0 Å². The van der Waals surface area contributed by atoms with Crippen LogP contribution in [-0.4, -0.2) is 25.5 Å². The molecule has 0 unspecified atom stereocenters. The van der Waals surface area contributed by atoms with Crippen molar-refractivity contribution in [2.75, 3.05) is 19.8 Å². The van der Waals surface area contributed by atoms with Gasteiger partial charge in [-0.3, -0.25) is 0 Å². The molecule has 0 aliphatic rings. The second-order valence-corrected chi connectivity index (χ2v) is 8.76. The van der Waals surface area contributed by atoms with Crippen molar-refractivity contribution in [3.63, 3.8) is 0 Å². The fraction of sp³-hybridized carbons (Fsp3) is 0.526. The Kier molecular flexibility index (Phi) is 11.6. The summed E-state index contributed by atoms with van der Waals surface area (Å²) in [5.74, 6) is 0.378. The predicted molar refractivity (Wildman–Crippen MR) is 111 cm³/mol. The fourth-order valence-corrected chi connectivity index (χ4v) is 2.40. The number of benzene rings is 1. The van der Waals surface area contributed by atoms with Gasteiger partial charge in [0.05, 0.1) is 15.7 Å². The summed E-state index contributed by atoms with van der Waals surface area (Å²) in [7, 11) is 0. The Hall–Kier alpha value is -1.08. The minimum atomic E-state index is -0.400. The van der Waals surface area contributed by atoms with Crippen molar-refractivity contribution in [3.8, 4) is 11.5 Å². The van der Waals surface area contributed by atoms with E-state index in [2.05, 4.69) is 37.0 Å². The van der Waals surface area contributed by atoms with Crippen molar-refractivity contribution in [2.45, 2.75) is 46.5 Å². The van der Waals surface area contributed by atoms with Gasteiger partial charge in [0.1, 0.15) is 19.0 Å². The van der Waals surface area contributed by atoms with Crippen molar-refractivity contribution >= 4 is 37.6 Å². The van der Waals surface area contributed by atoms with E-state index in [4.69, 9.17) is 14.3 Å². The number of unbranched alkanes of at least 4 members (excludes halogenated alkanes) is 3. The van der Waals surface area contributed by atoms with Crippen LogP contribution in [0.1, 0.15) is 45.1 Å². The zero-order chi connectivity index (χ0) is 19.4. The van der Waals surface area contributed by atoms with Crippen LogP contribution in [0, 0.1) is 12.7 Å². The van der Waals surface area contributed by atoms with Gasteiger partial charge in [-0.2, -0.15) is 0 Å². The van der Waals surface area contributed by atoms with Crippen LogP contribution in [0.3, 0.4) is 0 Å². The van der Waals surface area contributed by atoms with E-state index >= 15 is 0 Å². The van der Waals surface area contributed by atoms with Gasteiger partial charge in [0.15, 0.2) is 11.6 Å². The summed E-state index contributed by atoms with van der Waals surface area (Å²) in [6.45, 7) is 7.08. The second kappa shape index (κ2) is 13.1. The first-order valence-electron chi connectivity index (χ1n) is 8.60. The minimum Gasteiger partial charge on any atom is -0.490 e.